The molecule has 1 aliphatic rings. The minimum atomic E-state index is -4.82. The molecular formula is C39H38F7N3O5. The number of amides is 2. The first-order valence-corrected chi connectivity index (χ1v) is 16.9. The van der Waals surface area contributed by atoms with Crippen LogP contribution in [-0.4, -0.2) is 65.6 Å². The van der Waals surface area contributed by atoms with Crippen molar-refractivity contribution in [3.8, 4) is 17.2 Å². The second kappa shape index (κ2) is 16.5. The number of fused-ring (bicyclic) bond motifs is 1. The van der Waals surface area contributed by atoms with Gasteiger partial charge < -0.3 is 24.8 Å². The predicted octanol–water partition coefficient (Wildman–Crippen LogP) is 8.19. The SMILES string of the molecule is CC(CO)N1C[C@@H](C)[C@@H](CN(C)Cc2ccc(Oc3ccc(F)cc3C(F)(F)F)cc2)Oc2c(NC(=O)Cc3ccc(C(F)(F)F)cc3)cccc2C1=O. The van der Waals surface area contributed by atoms with Gasteiger partial charge in [-0.2, -0.15) is 26.3 Å². The van der Waals surface area contributed by atoms with E-state index in [0.29, 0.717) is 24.7 Å². The minimum absolute atomic E-state index is 0.101. The van der Waals surface area contributed by atoms with Gasteiger partial charge in [-0.25, -0.2) is 4.39 Å². The fourth-order valence-electron chi connectivity index (χ4n) is 6.04. The van der Waals surface area contributed by atoms with Crippen LogP contribution in [0.4, 0.5) is 36.4 Å². The molecule has 0 saturated carbocycles. The highest BCUT2D eigenvalue weighted by Gasteiger charge is 2.36. The lowest BCUT2D eigenvalue weighted by molar-refractivity contribution is -0.139. The minimum Gasteiger partial charge on any atom is -0.486 e. The molecule has 4 aromatic rings. The van der Waals surface area contributed by atoms with Gasteiger partial charge in [0.15, 0.2) is 5.75 Å². The van der Waals surface area contributed by atoms with Gasteiger partial charge in [0.25, 0.3) is 5.91 Å². The lowest BCUT2D eigenvalue weighted by atomic mass is 9.98. The number of aliphatic hydroxyl groups is 1. The van der Waals surface area contributed by atoms with Gasteiger partial charge in [0.2, 0.25) is 5.91 Å². The number of ether oxygens (including phenoxy) is 2. The molecule has 3 atom stereocenters. The Labute approximate surface area is 307 Å². The summed E-state index contributed by atoms with van der Waals surface area (Å²) in [4.78, 5) is 30.4. The van der Waals surface area contributed by atoms with E-state index in [9.17, 15) is 45.4 Å². The molecule has 288 valence electrons. The van der Waals surface area contributed by atoms with Crippen LogP contribution in [-0.2, 0) is 30.1 Å². The van der Waals surface area contributed by atoms with E-state index in [-0.39, 0.29) is 48.2 Å². The van der Waals surface area contributed by atoms with Gasteiger partial charge in [-0.15, -0.1) is 0 Å². The highest BCUT2D eigenvalue weighted by atomic mass is 19.4. The molecule has 2 N–H and O–H groups in total. The molecule has 0 bridgehead atoms. The number of para-hydroxylation sites is 1. The zero-order valence-electron chi connectivity index (χ0n) is 29.5. The van der Waals surface area contributed by atoms with Crippen LogP contribution >= 0.6 is 0 Å². The van der Waals surface area contributed by atoms with Gasteiger partial charge in [-0.3, -0.25) is 14.5 Å². The Morgan fingerprint density at radius 2 is 1.65 bits per heavy atom. The molecule has 15 heteroatoms. The zero-order valence-corrected chi connectivity index (χ0v) is 29.5. The van der Waals surface area contributed by atoms with E-state index >= 15 is 0 Å². The van der Waals surface area contributed by atoms with Crippen LogP contribution in [0.15, 0.2) is 84.9 Å². The van der Waals surface area contributed by atoms with Crippen LogP contribution < -0.4 is 14.8 Å². The Bertz CT molecular complexity index is 1940. The molecule has 1 aliphatic heterocycles. The van der Waals surface area contributed by atoms with Crippen molar-refractivity contribution in [3.63, 3.8) is 0 Å². The zero-order chi connectivity index (χ0) is 39.4. The molecule has 5 rings (SSSR count). The lowest BCUT2D eigenvalue weighted by Gasteiger charge is -2.38. The third-order valence-corrected chi connectivity index (χ3v) is 8.95. The van der Waals surface area contributed by atoms with E-state index in [1.807, 2.05) is 18.9 Å². The average Bonchev–Trinajstić information content (AvgIpc) is 3.10. The lowest BCUT2D eigenvalue weighted by Crippen LogP contribution is -2.49. The number of likely N-dealkylation sites (N-methyl/N-ethyl adjacent to an activating group) is 1. The van der Waals surface area contributed by atoms with E-state index in [2.05, 4.69) is 5.32 Å². The van der Waals surface area contributed by atoms with Crippen molar-refractivity contribution >= 4 is 17.5 Å². The first-order chi connectivity index (χ1) is 25.4. The first kappa shape index (κ1) is 40.0. The van der Waals surface area contributed by atoms with Crippen molar-refractivity contribution in [2.75, 3.05) is 32.1 Å². The normalized spacial score (nSPS) is 17.0. The Morgan fingerprint density at radius 1 is 0.981 bits per heavy atom. The van der Waals surface area contributed by atoms with Crippen molar-refractivity contribution in [3.05, 3.63) is 119 Å². The largest absolute Gasteiger partial charge is 0.486 e. The summed E-state index contributed by atoms with van der Waals surface area (Å²) in [5.74, 6) is -2.63. The van der Waals surface area contributed by atoms with Crippen LogP contribution in [0.1, 0.15) is 46.5 Å². The van der Waals surface area contributed by atoms with Crippen LogP contribution in [0.3, 0.4) is 0 Å². The van der Waals surface area contributed by atoms with Crippen molar-refractivity contribution in [2.24, 2.45) is 5.92 Å². The van der Waals surface area contributed by atoms with Gasteiger partial charge in [0, 0.05) is 25.6 Å². The highest BCUT2D eigenvalue weighted by Crippen LogP contribution is 2.39. The van der Waals surface area contributed by atoms with Crippen LogP contribution in [0.2, 0.25) is 0 Å². The summed E-state index contributed by atoms with van der Waals surface area (Å²) < 4.78 is 105. The number of carbonyl (C=O) groups is 2. The molecule has 0 aromatic heterocycles. The van der Waals surface area contributed by atoms with Gasteiger partial charge in [0.05, 0.1) is 35.9 Å². The Balaban J connectivity index is 1.33. The van der Waals surface area contributed by atoms with Crippen molar-refractivity contribution in [1.29, 1.82) is 0 Å². The maximum atomic E-state index is 13.8. The third kappa shape index (κ3) is 9.88. The molecule has 4 aromatic carbocycles. The second-order valence-corrected chi connectivity index (χ2v) is 13.3. The molecule has 0 radical (unpaired) electrons. The molecule has 8 nitrogen and oxygen atoms in total. The number of benzene rings is 4. The molecule has 0 saturated heterocycles. The second-order valence-electron chi connectivity index (χ2n) is 13.3. The first-order valence-electron chi connectivity index (χ1n) is 16.9. The number of alkyl halides is 6. The van der Waals surface area contributed by atoms with E-state index in [1.165, 1.54) is 29.2 Å². The fraction of sp³-hybridized carbons (Fsp3) is 0.333. The molecular weight excluding hydrogens is 723 g/mol. The molecule has 0 fully saturated rings. The highest BCUT2D eigenvalue weighted by molar-refractivity contribution is 6.02. The summed E-state index contributed by atoms with van der Waals surface area (Å²) in [6.07, 6.45) is -10.2. The fourth-order valence-corrected chi connectivity index (χ4v) is 6.04. The summed E-state index contributed by atoms with van der Waals surface area (Å²) in [6.45, 7) is 4.20. The summed E-state index contributed by atoms with van der Waals surface area (Å²) >= 11 is 0. The number of halogens is 7. The molecule has 1 heterocycles. The topological polar surface area (TPSA) is 91.3 Å². The number of carbonyl (C=O) groups excluding carboxylic acids is 2. The van der Waals surface area contributed by atoms with Gasteiger partial charge in [-0.05, 0) is 79.7 Å². The monoisotopic (exact) mass is 761 g/mol. The van der Waals surface area contributed by atoms with Crippen LogP contribution in [0.5, 0.6) is 17.2 Å². The molecule has 2 amide bonds. The van der Waals surface area contributed by atoms with Crippen molar-refractivity contribution in [1.82, 2.24) is 9.80 Å². The van der Waals surface area contributed by atoms with Crippen molar-refractivity contribution < 1.29 is 54.9 Å². The third-order valence-electron chi connectivity index (χ3n) is 8.95. The number of aliphatic hydroxyl groups excluding tert-OH is 1. The standard InChI is InChI=1S/C39H38F7N3O5/c1-23-19-49(24(2)22-50)37(52)30-5-4-6-32(47-35(51)17-25-7-11-27(12-8-25)38(41,42)43)36(30)54-34(23)21-48(3)20-26-9-14-29(15-10-26)53-33-16-13-28(40)18-31(33)39(44,45)46/h4-16,18,23-24,34,50H,17,19-22H2,1-3H3,(H,47,51)/t23-,24?,34-/m1/s1. The van der Waals surface area contributed by atoms with Gasteiger partial charge in [-0.1, -0.05) is 37.3 Å². The summed E-state index contributed by atoms with van der Waals surface area (Å²) in [6, 6.07) is 16.8. The molecule has 0 aliphatic carbocycles. The van der Waals surface area contributed by atoms with Gasteiger partial charge in [0.1, 0.15) is 29.0 Å². The number of anilines is 1. The number of hydrogen-bond donors (Lipinski definition) is 2. The molecule has 54 heavy (non-hydrogen) atoms. The van der Waals surface area contributed by atoms with Crippen LogP contribution in [0.25, 0.3) is 0 Å². The van der Waals surface area contributed by atoms with E-state index in [0.717, 1.165) is 29.8 Å². The number of nitrogens with zero attached hydrogens (tertiary/aromatic N) is 2. The molecule has 0 spiro atoms. The van der Waals surface area contributed by atoms with E-state index in [4.69, 9.17) is 9.47 Å². The number of nitrogens with one attached hydrogen (secondary N) is 1. The summed E-state index contributed by atoms with van der Waals surface area (Å²) in [5.41, 5.74) is -0.633. The predicted molar refractivity (Wildman–Crippen MR) is 186 cm³/mol. The Hall–Kier alpha value is -5.15. The van der Waals surface area contributed by atoms with Crippen molar-refractivity contribution in [2.45, 2.75) is 51.3 Å². The van der Waals surface area contributed by atoms with Gasteiger partial charge >= 0.3 is 12.4 Å². The number of hydrogen-bond acceptors (Lipinski definition) is 6. The Kier molecular flexibility index (Phi) is 12.2. The maximum Gasteiger partial charge on any atom is 0.420 e. The summed E-state index contributed by atoms with van der Waals surface area (Å²) in [7, 11) is 1.82. The average molecular weight is 762 g/mol. The molecule has 1 unspecified atom stereocenters. The smallest absolute Gasteiger partial charge is 0.420 e. The summed E-state index contributed by atoms with van der Waals surface area (Å²) in [5, 5.41) is 12.7. The number of rotatable bonds is 11. The van der Waals surface area contributed by atoms with E-state index in [1.54, 1.807) is 37.3 Å². The maximum absolute atomic E-state index is 13.8. The quantitative estimate of drug-likeness (QED) is 0.150. The van der Waals surface area contributed by atoms with E-state index < -0.39 is 59.0 Å². The van der Waals surface area contributed by atoms with Crippen LogP contribution in [0, 0.1) is 11.7 Å². The Morgan fingerprint density at radius 3 is 2.28 bits per heavy atom.